The van der Waals surface area contributed by atoms with Crippen LogP contribution in [0.1, 0.15) is 42.5 Å². The highest BCUT2D eigenvalue weighted by Gasteiger charge is 2.24. The molecule has 2 heterocycles. The van der Waals surface area contributed by atoms with E-state index in [0.717, 1.165) is 61.9 Å². The maximum Gasteiger partial charge on any atom is 0.191 e. The van der Waals surface area contributed by atoms with Crippen molar-refractivity contribution in [3.63, 3.8) is 0 Å². The largest absolute Gasteiger partial charge is 0.356 e. The van der Waals surface area contributed by atoms with Gasteiger partial charge in [0, 0.05) is 20.1 Å². The highest BCUT2D eigenvalue weighted by Crippen LogP contribution is 2.22. The second kappa shape index (κ2) is 8.09. The molecule has 0 bridgehead atoms. The van der Waals surface area contributed by atoms with Gasteiger partial charge < -0.3 is 10.6 Å². The molecule has 1 atom stereocenters. The number of rotatable bonds is 5. The lowest BCUT2D eigenvalue weighted by Gasteiger charge is -2.25. The van der Waals surface area contributed by atoms with Gasteiger partial charge in [0.2, 0.25) is 0 Å². The molecular formula is C18H25FN6. The number of hydrogen-bond acceptors (Lipinski definition) is 3. The van der Waals surface area contributed by atoms with Crippen LogP contribution in [-0.2, 0) is 13.0 Å². The highest BCUT2D eigenvalue weighted by atomic mass is 19.1. The van der Waals surface area contributed by atoms with Gasteiger partial charge >= 0.3 is 0 Å². The van der Waals surface area contributed by atoms with Crippen LogP contribution in [0, 0.1) is 12.7 Å². The van der Waals surface area contributed by atoms with Crippen molar-refractivity contribution < 1.29 is 4.39 Å². The van der Waals surface area contributed by atoms with E-state index in [2.05, 4.69) is 25.7 Å². The lowest BCUT2D eigenvalue weighted by Crippen LogP contribution is -2.41. The second-order valence-corrected chi connectivity index (χ2v) is 6.31. The SMILES string of the molecule is CN=C(NCCCc1cccc(F)c1)NC1CCCn2nc(C)nc21. The monoisotopic (exact) mass is 344 g/mol. The number of halogens is 1. The molecule has 7 heteroatoms. The standard InChI is InChI=1S/C18H25FN6/c1-13-22-17-16(9-5-11-25(17)24-13)23-18(20-2)21-10-4-7-14-6-3-8-15(19)12-14/h3,6,8,12,16H,4-5,7,9-11H2,1-2H3,(H2,20,21,23). The number of nitrogens with zero attached hydrogens (tertiary/aromatic N) is 4. The van der Waals surface area contributed by atoms with Crippen molar-refractivity contribution in [2.75, 3.05) is 13.6 Å². The minimum absolute atomic E-state index is 0.129. The zero-order valence-corrected chi connectivity index (χ0v) is 14.8. The van der Waals surface area contributed by atoms with Crippen molar-refractivity contribution in [1.82, 2.24) is 25.4 Å². The van der Waals surface area contributed by atoms with Crippen LogP contribution in [0.2, 0.25) is 0 Å². The molecule has 1 aliphatic rings. The predicted octanol–water partition coefficient (Wildman–Crippen LogP) is 2.36. The summed E-state index contributed by atoms with van der Waals surface area (Å²) in [6.45, 7) is 3.62. The van der Waals surface area contributed by atoms with Gasteiger partial charge in [-0.25, -0.2) is 14.1 Å². The summed E-state index contributed by atoms with van der Waals surface area (Å²) < 4.78 is 15.2. The van der Waals surface area contributed by atoms with E-state index in [-0.39, 0.29) is 11.9 Å². The van der Waals surface area contributed by atoms with Crippen LogP contribution in [0.3, 0.4) is 0 Å². The maximum atomic E-state index is 13.2. The molecule has 1 aromatic heterocycles. The molecule has 3 rings (SSSR count). The summed E-state index contributed by atoms with van der Waals surface area (Å²) in [4.78, 5) is 8.83. The predicted molar refractivity (Wildman–Crippen MR) is 96.0 cm³/mol. The van der Waals surface area contributed by atoms with Gasteiger partial charge in [-0.1, -0.05) is 12.1 Å². The van der Waals surface area contributed by atoms with Crippen LogP contribution in [0.5, 0.6) is 0 Å². The molecule has 0 spiro atoms. The van der Waals surface area contributed by atoms with Crippen LogP contribution in [0.4, 0.5) is 4.39 Å². The van der Waals surface area contributed by atoms with E-state index in [4.69, 9.17) is 0 Å². The molecule has 2 aromatic rings. The first-order chi connectivity index (χ1) is 12.2. The summed E-state index contributed by atoms with van der Waals surface area (Å²) in [5, 5.41) is 11.2. The normalized spacial score (nSPS) is 17.2. The summed E-state index contributed by atoms with van der Waals surface area (Å²) >= 11 is 0. The third kappa shape index (κ3) is 4.55. The Morgan fingerprint density at radius 2 is 2.32 bits per heavy atom. The molecule has 0 saturated heterocycles. The average molecular weight is 344 g/mol. The van der Waals surface area contributed by atoms with Gasteiger partial charge in [-0.05, 0) is 50.3 Å². The average Bonchev–Trinajstić information content (AvgIpc) is 2.99. The van der Waals surface area contributed by atoms with Crippen LogP contribution in [0.15, 0.2) is 29.3 Å². The Kier molecular flexibility index (Phi) is 5.63. The lowest BCUT2D eigenvalue weighted by molar-refractivity contribution is 0.397. The Bertz CT molecular complexity index is 739. The van der Waals surface area contributed by atoms with Crippen LogP contribution < -0.4 is 10.6 Å². The number of nitrogens with one attached hydrogen (secondary N) is 2. The van der Waals surface area contributed by atoms with Crippen molar-refractivity contribution in [2.45, 2.75) is 45.2 Å². The fraction of sp³-hybridized carbons (Fsp3) is 0.500. The summed E-state index contributed by atoms with van der Waals surface area (Å²) in [5.41, 5.74) is 1.01. The molecule has 0 aliphatic carbocycles. The molecule has 134 valence electrons. The first kappa shape index (κ1) is 17.4. The Labute approximate surface area is 147 Å². The lowest BCUT2D eigenvalue weighted by atomic mass is 10.1. The molecule has 1 unspecified atom stereocenters. The van der Waals surface area contributed by atoms with Gasteiger partial charge in [-0.2, -0.15) is 5.10 Å². The molecule has 1 aromatic carbocycles. The molecule has 2 N–H and O–H groups in total. The van der Waals surface area contributed by atoms with Gasteiger partial charge in [-0.15, -0.1) is 0 Å². The van der Waals surface area contributed by atoms with Gasteiger partial charge in [0.15, 0.2) is 5.96 Å². The van der Waals surface area contributed by atoms with Gasteiger partial charge in [0.25, 0.3) is 0 Å². The summed E-state index contributed by atoms with van der Waals surface area (Å²) in [5.74, 6) is 2.37. The highest BCUT2D eigenvalue weighted by molar-refractivity contribution is 5.80. The first-order valence-electron chi connectivity index (χ1n) is 8.78. The molecule has 1 aliphatic heterocycles. The van der Waals surface area contributed by atoms with Crippen LogP contribution in [0.25, 0.3) is 0 Å². The van der Waals surface area contributed by atoms with Gasteiger partial charge in [0.1, 0.15) is 17.5 Å². The number of fused-ring (bicyclic) bond motifs is 1. The molecule has 0 radical (unpaired) electrons. The molecule has 25 heavy (non-hydrogen) atoms. The fourth-order valence-corrected chi connectivity index (χ4v) is 3.16. The fourth-order valence-electron chi connectivity index (χ4n) is 3.16. The van der Waals surface area contributed by atoms with E-state index >= 15 is 0 Å². The Balaban J connectivity index is 1.49. The third-order valence-corrected chi connectivity index (χ3v) is 4.34. The van der Waals surface area contributed by atoms with Gasteiger partial charge in [-0.3, -0.25) is 4.99 Å². The number of benzene rings is 1. The van der Waals surface area contributed by atoms with Crippen molar-refractivity contribution in [3.8, 4) is 0 Å². The van der Waals surface area contributed by atoms with E-state index in [9.17, 15) is 4.39 Å². The van der Waals surface area contributed by atoms with Crippen molar-refractivity contribution >= 4 is 5.96 Å². The summed E-state index contributed by atoms with van der Waals surface area (Å²) in [6.07, 6.45) is 3.83. The third-order valence-electron chi connectivity index (χ3n) is 4.34. The molecule has 0 saturated carbocycles. The quantitative estimate of drug-likeness (QED) is 0.496. The topological polar surface area (TPSA) is 67.1 Å². The Morgan fingerprint density at radius 3 is 3.12 bits per heavy atom. The minimum atomic E-state index is -0.181. The number of guanidine groups is 1. The van der Waals surface area contributed by atoms with E-state index in [0.29, 0.717) is 0 Å². The van der Waals surface area contributed by atoms with Gasteiger partial charge in [0.05, 0.1) is 6.04 Å². The summed E-state index contributed by atoms with van der Waals surface area (Å²) in [7, 11) is 1.76. The number of hydrogen-bond donors (Lipinski definition) is 2. The van der Waals surface area contributed by atoms with Crippen LogP contribution in [-0.4, -0.2) is 34.3 Å². The zero-order valence-electron chi connectivity index (χ0n) is 14.8. The zero-order chi connectivity index (χ0) is 17.6. The minimum Gasteiger partial charge on any atom is -0.356 e. The van der Waals surface area contributed by atoms with E-state index in [1.165, 1.54) is 6.07 Å². The van der Waals surface area contributed by atoms with Crippen molar-refractivity contribution in [3.05, 3.63) is 47.3 Å². The van der Waals surface area contributed by atoms with E-state index in [1.807, 2.05) is 17.7 Å². The smallest absolute Gasteiger partial charge is 0.191 e. The molecule has 6 nitrogen and oxygen atoms in total. The van der Waals surface area contributed by atoms with Crippen molar-refractivity contribution in [2.24, 2.45) is 4.99 Å². The summed E-state index contributed by atoms with van der Waals surface area (Å²) in [6, 6.07) is 6.89. The second-order valence-electron chi connectivity index (χ2n) is 6.31. The van der Waals surface area contributed by atoms with E-state index in [1.54, 1.807) is 19.2 Å². The first-order valence-corrected chi connectivity index (χ1v) is 8.78. The Hall–Kier alpha value is -2.44. The molecule has 0 amide bonds. The van der Waals surface area contributed by atoms with E-state index < -0.39 is 0 Å². The Morgan fingerprint density at radius 1 is 1.44 bits per heavy atom. The maximum absolute atomic E-state index is 13.2. The van der Waals surface area contributed by atoms with Crippen molar-refractivity contribution in [1.29, 1.82) is 0 Å². The number of aliphatic imine (C=N–C) groups is 1. The molecular weight excluding hydrogens is 319 g/mol. The van der Waals surface area contributed by atoms with Crippen LogP contribution >= 0.6 is 0 Å². The number of aromatic nitrogens is 3. The number of aryl methyl sites for hydroxylation is 3. The molecule has 0 fully saturated rings.